The van der Waals surface area contributed by atoms with Crippen LogP contribution in [0.4, 0.5) is 5.69 Å². The summed E-state index contributed by atoms with van der Waals surface area (Å²) in [7, 11) is 1.67. The smallest absolute Gasteiger partial charge is 0.191 e. The van der Waals surface area contributed by atoms with Gasteiger partial charge in [-0.25, -0.2) is 0 Å². The van der Waals surface area contributed by atoms with Crippen molar-refractivity contribution in [1.29, 1.82) is 0 Å². The Morgan fingerprint density at radius 1 is 1.17 bits per heavy atom. The molecule has 0 aliphatic carbocycles. The van der Waals surface area contributed by atoms with Gasteiger partial charge in [-0.3, -0.25) is 4.90 Å². The lowest BCUT2D eigenvalue weighted by Gasteiger charge is -2.56. The molecule has 0 amide bonds. The molecule has 24 heavy (non-hydrogen) atoms. The number of ether oxygens (including phenoxy) is 2. The third-order valence-corrected chi connectivity index (χ3v) is 5.47. The van der Waals surface area contributed by atoms with Crippen LogP contribution in [0.3, 0.4) is 0 Å². The Hall–Kier alpha value is -2.27. The van der Waals surface area contributed by atoms with Crippen LogP contribution in [0.5, 0.6) is 11.5 Å². The lowest BCUT2D eigenvalue weighted by molar-refractivity contribution is -0.00342. The number of hydrogen-bond acceptors (Lipinski definition) is 3. The molecule has 1 saturated heterocycles. The Bertz CT molecular complexity index is 809. The van der Waals surface area contributed by atoms with E-state index in [1.165, 1.54) is 0 Å². The molecule has 4 rings (SSSR count). The van der Waals surface area contributed by atoms with Gasteiger partial charge in [0.25, 0.3) is 0 Å². The van der Waals surface area contributed by atoms with Gasteiger partial charge in [0.1, 0.15) is 11.5 Å². The number of para-hydroxylation sites is 3. The van der Waals surface area contributed by atoms with Crippen molar-refractivity contribution in [2.45, 2.75) is 25.6 Å². The van der Waals surface area contributed by atoms with E-state index in [4.69, 9.17) is 21.7 Å². The number of benzene rings is 2. The number of nitrogens with one attached hydrogen (secondary N) is 1. The SMILES string of the molecule is COc1ccccc1N1C(=S)NC2c3ccccc3OC1(C)C2C. The molecule has 2 aliphatic rings. The number of nitrogens with zero attached hydrogens (tertiary/aromatic N) is 1. The predicted molar refractivity (Wildman–Crippen MR) is 98.6 cm³/mol. The highest BCUT2D eigenvalue weighted by Gasteiger charge is 2.54. The van der Waals surface area contributed by atoms with Gasteiger partial charge in [0, 0.05) is 11.5 Å². The van der Waals surface area contributed by atoms with Crippen molar-refractivity contribution in [3.63, 3.8) is 0 Å². The van der Waals surface area contributed by atoms with Crippen LogP contribution in [0.15, 0.2) is 48.5 Å². The van der Waals surface area contributed by atoms with E-state index < -0.39 is 5.72 Å². The van der Waals surface area contributed by atoms with E-state index in [1.807, 2.05) is 47.4 Å². The number of methoxy groups -OCH3 is 1. The Balaban J connectivity index is 1.88. The Morgan fingerprint density at radius 3 is 2.67 bits per heavy atom. The highest BCUT2D eigenvalue weighted by molar-refractivity contribution is 7.80. The summed E-state index contributed by atoms with van der Waals surface area (Å²) in [6.07, 6.45) is 0. The Kier molecular flexibility index (Phi) is 3.42. The highest BCUT2D eigenvalue weighted by atomic mass is 32.1. The van der Waals surface area contributed by atoms with Gasteiger partial charge in [-0.2, -0.15) is 0 Å². The normalized spacial score (nSPS) is 27.8. The Labute approximate surface area is 147 Å². The molecule has 5 heteroatoms. The molecule has 1 N–H and O–H groups in total. The van der Waals surface area contributed by atoms with Gasteiger partial charge in [0.2, 0.25) is 0 Å². The molecule has 0 spiro atoms. The van der Waals surface area contributed by atoms with Crippen molar-refractivity contribution >= 4 is 23.0 Å². The van der Waals surface area contributed by atoms with E-state index in [1.54, 1.807) is 7.11 Å². The largest absolute Gasteiger partial charge is 0.495 e. The predicted octanol–water partition coefficient (Wildman–Crippen LogP) is 3.88. The summed E-state index contributed by atoms with van der Waals surface area (Å²) in [5.41, 5.74) is 1.48. The molecule has 0 radical (unpaired) electrons. The lowest BCUT2D eigenvalue weighted by atomic mass is 9.80. The van der Waals surface area contributed by atoms with E-state index in [9.17, 15) is 0 Å². The zero-order valence-electron chi connectivity index (χ0n) is 13.9. The summed E-state index contributed by atoms with van der Waals surface area (Å²) in [5.74, 6) is 1.87. The summed E-state index contributed by atoms with van der Waals surface area (Å²) in [6, 6.07) is 16.2. The number of thiocarbonyl (C=S) groups is 1. The zero-order chi connectivity index (χ0) is 16.9. The average molecular weight is 340 g/mol. The number of fused-ring (bicyclic) bond motifs is 4. The average Bonchev–Trinajstić information content (AvgIpc) is 2.58. The van der Waals surface area contributed by atoms with Crippen molar-refractivity contribution < 1.29 is 9.47 Å². The molecule has 4 nitrogen and oxygen atoms in total. The van der Waals surface area contributed by atoms with Crippen molar-refractivity contribution in [3.05, 3.63) is 54.1 Å². The van der Waals surface area contributed by atoms with Gasteiger partial charge in [-0.15, -0.1) is 0 Å². The monoisotopic (exact) mass is 340 g/mol. The Morgan fingerprint density at radius 2 is 1.88 bits per heavy atom. The second-order valence-corrected chi connectivity index (χ2v) is 6.80. The molecule has 2 aromatic carbocycles. The summed E-state index contributed by atoms with van der Waals surface area (Å²) < 4.78 is 12.0. The first-order chi connectivity index (χ1) is 11.6. The van der Waals surface area contributed by atoms with Crippen LogP contribution in [0.2, 0.25) is 0 Å². The van der Waals surface area contributed by atoms with Crippen LogP contribution in [-0.4, -0.2) is 17.9 Å². The fraction of sp³-hybridized carbons (Fsp3) is 0.316. The van der Waals surface area contributed by atoms with Crippen LogP contribution < -0.4 is 19.7 Å². The molecule has 2 aliphatic heterocycles. The fourth-order valence-corrected chi connectivity index (χ4v) is 4.15. The summed E-state index contributed by atoms with van der Waals surface area (Å²) in [5, 5.41) is 4.15. The second kappa shape index (κ2) is 5.38. The molecule has 2 heterocycles. The van der Waals surface area contributed by atoms with E-state index in [-0.39, 0.29) is 12.0 Å². The standard InChI is InChI=1S/C19H20N2O2S/c1-12-17-13-8-4-6-10-15(13)23-19(12,2)21(18(24)20-17)14-9-5-7-11-16(14)22-3/h4-12,17H,1-3H3,(H,20,24). The number of hydrogen-bond donors (Lipinski definition) is 1. The summed E-state index contributed by atoms with van der Waals surface area (Å²) >= 11 is 5.70. The topological polar surface area (TPSA) is 33.7 Å². The van der Waals surface area contributed by atoms with Crippen LogP contribution in [0.25, 0.3) is 0 Å². The van der Waals surface area contributed by atoms with Crippen LogP contribution in [-0.2, 0) is 0 Å². The third kappa shape index (κ3) is 2.01. The summed E-state index contributed by atoms with van der Waals surface area (Å²) in [4.78, 5) is 2.04. The minimum atomic E-state index is -0.587. The van der Waals surface area contributed by atoms with Crippen molar-refractivity contribution in [2.75, 3.05) is 12.0 Å². The third-order valence-electron chi connectivity index (χ3n) is 5.17. The molecule has 1 fully saturated rings. The maximum Gasteiger partial charge on any atom is 0.191 e. The van der Waals surface area contributed by atoms with E-state index >= 15 is 0 Å². The van der Waals surface area contributed by atoms with Crippen molar-refractivity contribution in [3.8, 4) is 11.5 Å². The minimum Gasteiger partial charge on any atom is -0.495 e. The molecular formula is C19H20N2O2S. The van der Waals surface area contributed by atoms with Gasteiger partial charge in [0.05, 0.1) is 18.8 Å². The molecule has 124 valence electrons. The van der Waals surface area contributed by atoms with Crippen molar-refractivity contribution in [2.24, 2.45) is 5.92 Å². The number of rotatable bonds is 2. The molecule has 0 saturated carbocycles. The fourth-order valence-electron chi connectivity index (χ4n) is 3.74. The molecule has 3 unspecified atom stereocenters. The van der Waals surface area contributed by atoms with E-state index in [2.05, 4.69) is 25.2 Å². The van der Waals surface area contributed by atoms with E-state index in [0.717, 1.165) is 22.7 Å². The highest BCUT2D eigenvalue weighted by Crippen LogP contribution is 2.50. The maximum absolute atomic E-state index is 6.48. The van der Waals surface area contributed by atoms with Gasteiger partial charge in [-0.1, -0.05) is 37.3 Å². The van der Waals surface area contributed by atoms with Crippen LogP contribution in [0.1, 0.15) is 25.5 Å². The summed E-state index contributed by atoms with van der Waals surface area (Å²) in [6.45, 7) is 4.29. The van der Waals surface area contributed by atoms with Gasteiger partial charge in [-0.05, 0) is 37.3 Å². The molecule has 2 bridgehead atoms. The quantitative estimate of drug-likeness (QED) is 0.839. The molecule has 0 aromatic heterocycles. The van der Waals surface area contributed by atoms with Gasteiger partial charge < -0.3 is 14.8 Å². The molecule has 2 aromatic rings. The maximum atomic E-state index is 6.48. The zero-order valence-corrected chi connectivity index (χ0v) is 14.8. The second-order valence-electron chi connectivity index (χ2n) is 6.42. The first-order valence-electron chi connectivity index (χ1n) is 8.08. The van der Waals surface area contributed by atoms with Crippen molar-refractivity contribution in [1.82, 2.24) is 5.32 Å². The minimum absolute atomic E-state index is 0.137. The first-order valence-corrected chi connectivity index (χ1v) is 8.49. The first kappa shape index (κ1) is 15.3. The number of anilines is 1. The van der Waals surface area contributed by atoms with Gasteiger partial charge >= 0.3 is 0 Å². The van der Waals surface area contributed by atoms with E-state index in [0.29, 0.717) is 5.11 Å². The van der Waals surface area contributed by atoms with Crippen LogP contribution >= 0.6 is 12.2 Å². The molecular weight excluding hydrogens is 320 g/mol. The van der Waals surface area contributed by atoms with Crippen LogP contribution in [0, 0.1) is 5.92 Å². The lowest BCUT2D eigenvalue weighted by Crippen LogP contribution is -2.69. The van der Waals surface area contributed by atoms with Gasteiger partial charge in [0.15, 0.2) is 10.8 Å². The molecule has 3 atom stereocenters.